The zero-order chi connectivity index (χ0) is 20.8. The minimum Gasteiger partial charge on any atom is -0.423 e. The Labute approximate surface area is 171 Å². The van der Waals surface area contributed by atoms with Crippen LogP contribution in [0, 0.1) is 5.41 Å². The first-order chi connectivity index (χ1) is 13.7. The van der Waals surface area contributed by atoms with E-state index in [0.29, 0.717) is 17.3 Å². The summed E-state index contributed by atoms with van der Waals surface area (Å²) in [6, 6.07) is 12.5. The van der Waals surface area contributed by atoms with Gasteiger partial charge in [-0.15, -0.1) is 0 Å². The molecule has 5 heteroatoms. The Hall–Kier alpha value is -3.08. The number of aromatic nitrogens is 1. The molecular formula is C24H28N4O. The van der Waals surface area contributed by atoms with Crippen molar-refractivity contribution < 1.29 is 4.42 Å². The molecule has 4 rings (SSSR count). The fourth-order valence-electron chi connectivity index (χ4n) is 4.11. The fourth-order valence-corrected chi connectivity index (χ4v) is 4.11. The molecule has 0 aliphatic heterocycles. The third-order valence-corrected chi connectivity index (χ3v) is 6.14. The highest BCUT2D eigenvalue weighted by atomic mass is 16.4. The lowest BCUT2D eigenvalue weighted by Crippen LogP contribution is -2.33. The average molecular weight is 389 g/mol. The van der Waals surface area contributed by atoms with Gasteiger partial charge in [-0.25, -0.2) is 4.98 Å². The molecule has 0 saturated heterocycles. The zero-order valence-corrected chi connectivity index (χ0v) is 17.5. The number of benzene rings is 2. The van der Waals surface area contributed by atoms with E-state index in [2.05, 4.69) is 56.2 Å². The van der Waals surface area contributed by atoms with Gasteiger partial charge in [-0.05, 0) is 59.1 Å². The van der Waals surface area contributed by atoms with Gasteiger partial charge < -0.3 is 20.9 Å². The van der Waals surface area contributed by atoms with E-state index >= 15 is 0 Å². The molecule has 5 nitrogen and oxygen atoms in total. The molecule has 4 N–H and O–H groups in total. The van der Waals surface area contributed by atoms with Crippen molar-refractivity contribution in [2.75, 3.05) is 11.1 Å². The second-order valence-electron chi connectivity index (χ2n) is 9.17. The van der Waals surface area contributed by atoms with Crippen LogP contribution in [0.15, 0.2) is 47.0 Å². The van der Waals surface area contributed by atoms with Crippen LogP contribution in [0.3, 0.4) is 0 Å². The molecule has 0 saturated carbocycles. The smallest absolute Gasteiger partial charge is 0.299 e. The lowest BCUT2D eigenvalue weighted by atomic mass is 9.63. The Balaban J connectivity index is 1.64. The van der Waals surface area contributed by atoms with E-state index in [9.17, 15) is 0 Å². The van der Waals surface area contributed by atoms with E-state index in [1.165, 1.54) is 30.2 Å². The van der Waals surface area contributed by atoms with Crippen LogP contribution in [-0.2, 0) is 10.8 Å². The van der Waals surface area contributed by atoms with E-state index < -0.39 is 0 Å². The summed E-state index contributed by atoms with van der Waals surface area (Å²) in [5.41, 5.74) is 12.0. The van der Waals surface area contributed by atoms with Gasteiger partial charge >= 0.3 is 0 Å². The number of nitrogens with two attached hydrogens (primary N) is 1. The van der Waals surface area contributed by atoms with Gasteiger partial charge in [0, 0.05) is 28.7 Å². The third-order valence-electron chi connectivity index (χ3n) is 6.14. The van der Waals surface area contributed by atoms with Gasteiger partial charge in [-0.3, -0.25) is 0 Å². The number of hydrogen-bond donors (Lipinski definition) is 3. The molecule has 0 spiro atoms. The molecule has 1 heterocycles. The molecule has 29 heavy (non-hydrogen) atoms. The summed E-state index contributed by atoms with van der Waals surface area (Å²) in [6.45, 7) is 9.29. The first-order valence-corrected chi connectivity index (χ1v) is 9.98. The standard InChI is InChI=1S/C24H28N4O/c1-23(2)9-10-24(3,4)19-12-15(5-7-18(19)23)21-14-27-22(29-21)28-17-6-8-20(26)16(11-17)13-25/h5-8,11-14,25H,9-10,26H2,1-4H3,(H,27,28). The third kappa shape index (κ3) is 3.53. The maximum absolute atomic E-state index is 7.44. The number of anilines is 3. The highest BCUT2D eigenvalue weighted by molar-refractivity contribution is 5.87. The van der Waals surface area contributed by atoms with E-state index in [1.807, 2.05) is 6.07 Å². The predicted octanol–water partition coefficient (Wildman–Crippen LogP) is 6.01. The van der Waals surface area contributed by atoms with Crippen LogP contribution in [0.5, 0.6) is 0 Å². The maximum atomic E-state index is 7.44. The quantitative estimate of drug-likeness (QED) is 0.377. The predicted molar refractivity (Wildman–Crippen MR) is 119 cm³/mol. The van der Waals surface area contributed by atoms with Crippen molar-refractivity contribution in [1.82, 2.24) is 4.98 Å². The fraction of sp³-hybridized carbons (Fsp3) is 0.333. The summed E-state index contributed by atoms with van der Waals surface area (Å²) in [5.74, 6) is 0.734. The second kappa shape index (κ2) is 6.76. The topological polar surface area (TPSA) is 87.9 Å². The van der Waals surface area contributed by atoms with Gasteiger partial charge in [-0.2, -0.15) is 0 Å². The van der Waals surface area contributed by atoms with Gasteiger partial charge in [0.15, 0.2) is 5.76 Å². The number of nitrogens with zero attached hydrogens (tertiary/aromatic N) is 1. The van der Waals surface area contributed by atoms with Crippen molar-refractivity contribution in [3.05, 3.63) is 59.3 Å². The lowest BCUT2D eigenvalue weighted by Gasteiger charge is -2.42. The van der Waals surface area contributed by atoms with Gasteiger partial charge in [0.25, 0.3) is 6.01 Å². The SMILES string of the molecule is CC1(C)CCC(C)(C)c2cc(-c3cnc(Nc4ccc(N)c(C=N)c4)o3)ccc21. The summed E-state index contributed by atoms with van der Waals surface area (Å²) >= 11 is 0. The number of fused-ring (bicyclic) bond motifs is 1. The van der Waals surface area contributed by atoms with Crippen molar-refractivity contribution >= 4 is 23.6 Å². The van der Waals surface area contributed by atoms with Gasteiger partial charge in [0.1, 0.15) is 0 Å². The Bertz CT molecular complexity index is 1080. The molecule has 0 radical (unpaired) electrons. The molecular weight excluding hydrogens is 360 g/mol. The van der Waals surface area contributed by atoms with Crippen LogP contribution >= 0.6 is 0 Å². The Morgan fingerprint density at radius 1 is 1.03 bits per heavy atom. The van der Waals surface area contributed by atoms with Crippen LogP contribution < -0.4 is 11.1 Å². The summed E-state index contributed by atoms with van der Waals surface area (Å²) < 4.78 is 5.98. The normalized spacial score (nSPS) is 16.8. The van der Waals surface area contributed by atoms with E-state index in [-0.39, 0.29) is 10.8 Å². The first-order valence-electron chi connectivity index (χ1n) is 9.98. The van der Waals surface area contributed by atoms with Crippen LogP contribution in [0.25, 0.3) is 11.3 Å². The Kier molecular flexibility index (Phi) is 4.49. The molecule has 2 aromatic carbocycles. The van der Waals surface area contributed by atoms with Gasteiger partial charge in [0.2, 0.25) is 0 Å². The van der Waals surface area contributed by atoms with Crippen molar-refractivity contribution in [3.8, 4) is 11.3 Å². The van der Waals surface area contributed by atoms with E-state index in [4.69, 9.17) is 15.6 Å². The summed E-state index contributed by atoms with van der Waals surface area (Å²) in [4.78, 5) is 4.38. The maximum Gasteiger partial charge on any atom is 0.299 e. The van der Waals surface area contributed by atoms with Crippen LogP contribution in [-0.4, -0.2) is 11.2 Å². The number of nitrogens with one attached hydrogen (secondary N) is 2. The number of nitrogen functional groups attached to an aromatic ring is 1. The molecule has 0 atom stereocenters. The summed E-state index contributed by atoms with van der Waals surface area (Å²) in [7, 11) is 0. The molecule has 3 aromatic rings. The van der Waals surface area contributed by atoms with Gasteiger partial charge in [-0.1, -0.05) is 39.8 Å². The van der Waals surface area contributed by atoms with Crippen LogP contribution in [0.1, 0.15) is 57.2 Å². The van der Waals surface area contributed by atoms with Crippen LogP contribution in [0.2, 0.25) is 0 Å². The van der Waals surface area contributed by atoms with Crippen LogP contribution in [0.4, 0.5) is 17.4 Å². The highest BCUT2D eigenvalue weighted by Gasteiger charge is 2.37. The van der Waals surface area contributed by atoms with Crippen molar-refractivity contribution in [2.24, 2.45) is 0 Å². The molecule has 150 valence electrons. The minimum absolute atomic E-state index is 0.148. The lowest BCUT2D eigenvalue weighted by molar-refractivity contribution is 0.332. The molecule has 1 aliphatic carbocycles. The largest absolute Gasteiger partial charge is 0.423 e. The summed E-state index contributed by atoms with van der Waals surface area (Å²) in [5, 5.41) is 10.6. The van der Waals surface area contributed by atoms with Gasteiger partial charge in [0.05, 0.1) is 6.20 Å². The molecule has 0 amide bonds. The molecule has 1 aliphatic rings. The average Bonchev–Trinajstić information content (AvgIpc) is 3.15. The molecule has 0 fully saturated rings. The minimum atomic E-state index is 0.148. The van der Waals surface area contributed by atoms with E-state index in [0.717, 1.165) is 17.0 Å². The number of rotatable bonds is 4. The van der Waals surface area contributed by atoms with Crippen molar-refractivity contribution in [3.63, 3.8) is 0 Å². The van der Waals surface area contributed by atoms with E-state index in [1.54, 1.807) is 18.3 Å². The number of oxazole rings is 1. The Morgan fingerprint density at radius 3 is 2.48 bits per heavy atom. The zero-order valence-electron chi connectivity index (χ0n) is 17.5. The molecule has 0 unspecified atom stereocenters. The summed E-state index contributed by atoms with van der Waals surface area (Å²) in [6.07, 6.45) is 5.35. The molecule has 0 bridgehead atoms. The van der Waals surface area contributed by atoms with Crippen molar-refractivity contribution in [2.45, 2.75) is 51.4 Å². The highest BCUT2D eigenvalue weighted by Crippen LogP contribution is 2.46. The first kappa shape index (κ1) is 19.2. The molecule has 1 aromatic heterocycles. The van der Waals surface area contributed by atoms with Crippen molar-refractivity contribution in [1.29, 1.82) is 5.41 Å². The second-order valence-corrected chi connectivity index (χ2v) is 9.17. The number of hydrogen-bond acceptors (Lipinski definition) is 5. The Morgan fingerprint density at radius 2 is 1.76 bits per heavy atom. The monoisotopic (exact) mass is 388 g/mol.